The molecule has 3 unspecified atom stereocenters. The van der Waals surface area contributed by atoms with Crippen LogP contribution < -0.4 is 0 Å². The first-order valence-electron chi connectivity index (χ1n) is 8.23. The fourth-order valence-electron chi connectivity index (χ4n) is 3.60. The molecule has 0 amide bonds. The topological polar surface area (TPSA) is 20.2 Å². The molecule has 1 heteroatoms. The molecule has 0 aromatic heterocycles. The molecule has 1 aliphatic rings. The highest BCUT2D eigenvalue weighted by Crippen LogP contribution is 2.42. The molecule has 1 nitrogen and oxygen atoms in total. The van der Waals surface area contributed by atoms with Crippen molar-refractivity contribution in [3.63, 3.8) is 0 Å². The van der Waals surface area contributed by atoms with Gasteiger partial charge >= 0.3 is 0 Å². The average molecular weight is 274 g/mol. The van der Waals surface area contributed by atoms with Crippen LogP contribution in [0.25, 0.3) is 0 Å². The second kappa shape index (κ2) is 6.30. The van der Waals surface area contributed by atoms with Crippen molar-refractivity contribution in [2.24, 2.45) is 11.8 Å². The number of hydrogen-bond acceptors (Lipinski definition) is 1. The van der Waals surface area contributed by atoms with Crippen LogP contribution in [0.2, 0.25) is 0 Å². The highest BCUT2D eigenvalue weighted by Gasteiger charge is 2.32. The Morgan fingerprint density at radius 1 is 1.00 bits per heavy atom. The Labute approximate surface area is 124 Å². The van der Waals surface area contributed by atoms with Gasteiger partial charge in [0, 0.05) is 0 Å². The van der Waals surface area contributed by atoms with Gasteiger partial charge in [-0.2, -0.15) is 0 Å². The smallest absolute Gasteiger partial charge is 0.0823 e. The fraction of sp³-hybridized carbons (Fsp3) is 0.684. The van der Waals surface area contributed by atoms with Crippen molar-refractivity contribution < 1.29 is 5.11 Å². The number of hydrogen-bond donors (Lipinski definition) is 1. The zero-order valence-corrected chi connectivity index (χ0v) is 13.7. The molecule has 0 heterocycles. The lowest BCUT2D eigenvalue weighted by Crippen LogP contribution is -2.17. The predicted octanol–water partition coefficient (Wildman–Crippen LogP) is 5.40. The van der Waals surface area contributed by atoms with E-state index in [0.29, 0.717) is 23.7 Å². The van der Waals surface area contributed by atoms with E-state index in [1.54, 1.807) is 0 Å². The maximum Gasteiger partial charge on any atom is 0.0823 e. The molecular formula is C19H30O. The molecule has 112 valence electrons. The summed E-state index contributed by atoms with van der Waals surface area (Å²) >= 11 is 0. The quantitative estimate of drug-likeness (QED) is 0.779. The third kappa shape index (κ3) is 3.09. The lowest BCUT2D eigenvalue weighted by atomic mass is 9.82. The molecule has 1 aromatic carbocycles. The Balaban J connectivity index is 2.35. The molecule has 1 N–H and O–H groups in total. The van der Waals surface area contributed by atoms with E-state index in [0.717, 1.165) is 0 Å². The predicted molar refractivity (Wildman–Crippen MR) is 86.1 cm³/mol. The first-order chi connectivity index (χ1) is 9.41. The minimum Gasteiger partial charge on any atom is -0.388 e. The summed E-state index contributed by atoms with van der Waals surface area (Å²) in [5, 5.41) is 10.8. The van der Waals surface area contributed by atoms with E-state index in [1.165, 1.54) is 36.0 Å². The van der Waals surface area contributed by atoms with E-state index < -0.39 is 0 Å². The highest BCUT2D eigenvalue weighted by atomic mass is 16.3. The molecule has 1 fully saturated rings. The van der Waals surface area contributed by atoms with Crippen LogP contribution in [0.3, 0.4) is 0 Å². The Kier molecular flexibility index (Phi) is 4.90. The number of rotatable bonds is 4. The van der Waals surface area contributed by atoms with E-state index in [9.17, 15) is 5.11 Å². The summed E-state index contributed by atoms with van der Waals surface area (Å²) < 4.78 is 0. The summed E-state index contributed by atoms with van der Waals surface area (Å²) in [6, 6.07) is 6.70. The molecule has 0 radical (unpaired) electrons. The molecule has 0 saturated heterocycles. The largest absolute Gasteiger partial charge is 0.388 e. The first kappa shape index (κ1) is 15.6. The van der Waals surface area contributed by atoms with Crippen molar-refractivity contribution in [1.82, 2.24) is 0 Å². The van der Waals surface area contributed by atoms with E-state index in [-0.39, 0.29) is 6.10 Å². The monoisotopic (exact) mass is 274 g/mol. The summed E-state index contributed by atoms with van der Waals surface area (Å²) in [6.07, 6.45) is 3.42. The van der Waals surface area contributed by atoms with Crippen LogP contribution in [0.5, 0.6) is 0 Å². The van der Waals surface area contributed by atoms with Gasteiger partial charge < -0.3 is 5.11 Å². The van der Waals surface area contributed by atoms with Gasteiger partial charge in [-0.15, -0.1) is 0 Å². The average Bonchev–Trinajstić information content (AvgIpc) is 2.83. The van der Waals surface area contributed by atoms with Gasteiger partial charge in [0.15, 0.2) is 0 Å². The van der Waals surface area contributed by atoms with Crippen molar-refractivity contribution in [3.8, 4) is 0 Å². The van der Waals surface area contributed by atoms with Crippen LogP contribution in [0.15, 0.2) is 18.2 Å². The van der Waals surface area contributed by atoms with Gasteiger partial charge in [-0.1, -0.05) is 65.7 Å². The first-order valence-corrected chi connectivity index (χ1v) is 8.23. The van der Waals surface area contributed by atoms with Gasteiger partial charge in [0.2, 0.25) is 0 Å². The molecular weight excluding hydrogens is 244 g/mol. The van der Waals surface area contributed by atoms with E-state index in [4.69, 9.17) is 0 Å². The van der Waals surface area contributed by atoms with Gasteiger partial charge in [0.05, 0.1) is 6.10 Å². The Bertz CT molecular complexity index is 447. The number of aliphatic hydroxyl groups is 1. The van der Waals surface area contributed by atoms with Gasteiger partial charge in [0.1, 0.15) is 0 Å². The summed E-state index contributed by atoms with van der Waals surface area (Å²) in [7, 11) is 0. The summed E-state index contributed by atoms with van der Waals surface area (Å²) in [5.74, 6) is 2.10. The normalized spacial score (nSPS) is 24.6. The van der Waals surface area contributed by atoms with Gasteiger partial charge in [-0.3, -0.25) is 0 Å². The molecule has 0 spiro atoms. The fourth-order valence-corrected chi connectivity index (χ4v) is 3.60. The number of benzene rings is 1. The van der Waals surface area contributed by atoms with Gasteiger partial charge in [-0.05, 0) is 46.8 Å². The Morgan fingerprint density at radius 2 is 1.70 bits per heavy atom. The minimum atomic E-state index is -0.286. The second-order valence-corrected chi connectivity index (χ2v) is 7.21. The number of aliphatic hydroxyl groups excluding tert-OH is 1. The van der Waals surface area contributed by atoms with E-state index >= 15 is 0 Å². The highest BCUT2D eigenvalue weighted by molar-refractivity contribution is 5.37. The lowest BCUT2D eigenvalue weighted by Gasteiger charge is -2.26. The van der Waals surface area contributed by atoms with Crippen molar-refractivity contribution in [1.29, 1.82) is 0 Å². The molecule has 20 heavy (non-hydrogen) atoms. The van der Waals surface area contributed by atoms with Crippen molar-refractivity contribution in [2.45, 2.75) is 71.8 Å². The molecule has 0 aliphatic heterocycles. The third-order valence-corrected chi connectivity index (χ3v) is 5.05. The van der Waals surface area contributed by atoms with Crippen LogP contribution in [0, 0.1) is 11.8 Å². The van der Waals surface area contributed by atoms with Crippen LogP contribution in [-0.4, -0.2) is 5.11 Å². The Hall–Kier alpha value is -0.820. The van der Waals surface area contributed by atoms with Gasteiger partial charge in [0.25, 0.3) is 0 Å². The van der Waals surface area contributed by atoms with E-state index in [1.807, 2.05) is 0 Å². The standard InChI is InChI=1S/C19H30O/c1-12(2)15-9-10-17(18(11-15)13(3)4)19(20)16-8-6-7-14(16)5/h9-14,16,19-20H,6-8H2,1-5H3. The molecule has 1 saturated carbocycles. The van der Waals surface area contributed by atoms with Crippen molar-refractivity contribution >= 4 is 0 Å². The van der Waals surface area contributed by atoms with Gasteiger partial charge in [-0.25, -0.2) is 0 Å². The third-order valence-electron chi connectivity index (χ3n) is 5.05. The Morgan fingerprint density at radius 3 is 2.20 bits per heavy atom. The molecule has 0 bridgehead atoms. The van der Waals surface area contributed by atoms with Crippen LogP contribution in [0.4, 0.5) is 0 Å². The zero-order chi connectivity index (χ0) is 14.9. The maximum absolute atomic E-state index is 10.8. The van der Waals surface area contributed by atoms with Crippen LogP contribution >= 0.6 is 0 Å². The van der Waals surface area contributed by atoms with Crippen molar-refractivity contribution in [3.05, 3.63) is 34.9 Å². The lowest BCUT2D eigenvalue weighted by molar-refractivity contribution is 0.0890. The van der Waals surface area contributed by atoms with Crippen molar-refractivity contribution in [2.75, 3.05) is 0 Å². The molecule has 1 aliphatic carbocycles. The van der Waals surface area contributed by atoms with Crippen LogP contribution in [-0.2, 0) is 0 Å². The maximum atomic E-state index is 10.8. The molecule has 2 rings (SSSR count). The SMILES string of the molecule is CC(C)c1ccc(C(O)C2CCCC2C)c(C(C)C)c1. The zero-order valence-electron chi connectivity index (χ0n) is 13.7. The summed E-state index contributed by atoms with van der Waals surface area (Å²) in [6.45, 7) is 11.2. The minimum absolute atomic E-state index is 0.286. The van der Waals surface area contributed by atoms with E-state index in [2.05, 4.69) is 52.8 Å². The van der Waals surface area contributed by atoms with Crippen LogP contribution in [0.1, 0.15) is 88.5 Å². The molecule has 1 aromatic rings. The summed E-state index contributed by atoms with van der Waals surface area (Å²) in [5.41, 5.74) is 3.88. The second-order valence-electron chi connectivity index (χ2n) is 7.21. The molecule has 3 atom stereocenters. The summed E-state index contributed by atoms with van der Waals surface area (Å²) in [4.78, 5) is 0.